The van der Waals surface area contributed by atoms with Crippen LogP contribution in [0.15, 0.2) is 30.3 Å². The third-order valence-electron chi connectivity index (χ3n) is 8.21. The SMILES string of the molecule is CC(C)C[C@H](NC(=O)[C@H](COC(F)F)NC(=O)CN1CCOCC1)C(=O)N[C@@H](Cc1ccccc1)C(=O)N[C@@H](CC(C)C)C(=O)[C@@]1(C)CO1. The number of hydrogen-bond acceptors (Lipinski definition) is 9. The van der Waals surface area contributed by atoms with Crippen LogP contribution < -0.4 is 21.3 Å². The third-order valence-corrected chi connectivity index (χ3v) is 8.21. The molecule has 0 spiro atoms. The summed E-state index contributed by atoms with van der Waals surface area (Å²) in [5, 5.41) is 10.6. The lowest BCUT2D eigenvalue weighted by atomic mass is 9.93. The summed E-state index contributed by atoms with van der Waals surface area (Å²) in [6.07, 6.45) is 0.575. The van der Waals surface area contributed by atoms with Gasteiger partial charge < -0.3 is 35.5 Å². The number of rotatable bonds is 20. The van der Waals surface area contributed by atoms with Gasteiger partial charge in [0.25, 0.3) is 0 Å². The van der Waals surface area contributed by atoms with Gasteiger partial charge in [0.1, 0.15) is 23.7 Å². The van der Waals surface area contributed by atoms with Crippen LogP contribution in [0, 0.1) is 11.8 Å². The highest BCUT2D eigenvalue weighted by molar-refractivity contribution is 5.98. The van der Waals surface area contributed by atoms with Crippen LogP contribution in [0.3, 0.4) is 0 Å². The molecular formula is C34H51F2N5O8. The highest BCUT2D eigenvalue weighted by atomic mass is 19.3. The summed E-state index contributed by atoms with van der Waals surface area (Å²) in [5.41, 5.74) is -0.233. The molecule has 274 valence electrons. The Hall–Kier alpha value is -3.53. The molecule has 2 saturated heterocycles. The minimum atomic E-state index is -3.20. The Kier molecular flexibility index (Phi) is 15.5. The second-order valence-electron chi connectivity index (χ2n) is 13.6. The number of morpholine rings is 1. The molecule has 0 unspecified atom stereocenters. The molecule has 1 aromatic carbocycles. The van der Waals surface area contributed by atoms with E-state index in [-0.39, 0.29) is 43.6 Å². The molecule has 13 nitrogen and oxygen atoms in total. The summed E-state index contributed by atoms with van der Waals surface area (Å²) in [7, 11) is 0. The van der Waals surface area contributed by atoms with Crippen molar-refractivity contribution in [3.63, 3.8) is 0 Å². The quantitative estimate of drug-likeness (QED) is 0.147. The van der Waals surface area contributed by atoms with E-state index in [0.717, 1.165) is 5.56 Å². The predicted octanol–water partition coefficient (Wildman–Crippen LogP) is 1.19. The smallest absolute Gasteiger partial charge is 0.345 e. The lowest BCUT2D eigenvalue weighted by Gasteiger charge is -2.29. The van der Waals surface area contributed by atoms with Crippen LogP contribution in [0.25, 0.3) is 0 Å². The van der Waals surface area contributed by atoms with Gasteiger partial charge in [0.05, 0.1) is 39.0 Å². The molecule has 49 heavy (non-hydrogen) atoms. The topological polar surface area (TPSA) is 168 Å². The number of nitrogens with zero attached hydrogens (tertiary/aromatic N) is 1. The van der Waals surface area contributed by atoms with Gasteiger partial charge in [-0.2, -0.15) is 8.78 Å². The van der Waals surface area contributed by atoms with Crippen molar-refractivity contribution in [1.29, 1.82) is 0 Å². The number of hydrogen-bond donors (Lipinski definition) is 4. The number of benzene rings is 1. The molecule has 0 radical (unpaired) electrons. The van der Waals surface area contributed by atoms with E-state index in [1.807, 2.05) is 33.8 Å². The lowest BCUT2D eigenvalue weighted by Crippen LogP contribution is -2.59. The molecule has 0 aliphatic carbocycles. The van der Waals surface area contributed by atoms with Crippen molar-refractivity contribution < 1.29 is 47.0 Å². The van der Waals surface area contributed by atoms with Gasteiger partial charge in [0.15, 0.2) is 5.78 Å². The predicted molar refractivity (Wildman–Crippen MR) is 175 cm³/mol. The number of ether oxygens (including phenoxy) is 3. The van der Waals surface area contributed by atoms with Gasteiger partial charge in [0, 0.05) is 19.5 Å². The molecule has 3 rings (SSSR count). The van der Waals surface area contributed by atoms with E-state index in [2.05, 4.69) is 26.0 Å². The standard InChI is InChI=1S/C34H51F2N5O8/c1-21(2)15-24(29(43)34(5)20-49-34)38-31(45)26(17-23-9-7-6-8-10-23)40-30(44)25(16-22(3)4)39-32(46)27(19-48-33(35)36)37-28(42)18-41-11-13-47-14-12-41/h6-10,21-22,24-27,33H,11-20H2,1-5H3,(H,37,42)(H,38,45)(H,39,46)(H,40,44)/t24-,25-,26-,27-,34+/m0/s1. The zero-order valence-electron chi connectivity index (χ0n) is 29.0. The number of Topliss-reactive ketones (excluding diaryl/α,β-unsaturated/α-hetero) is 1. The van der Waals surface area contributed by atoms with Crippen LogP contribution in [0.5, 0.6) is 0 Å². The molecule has 0 bridgehead atoms. The van der Waals surface area contributed by atoms with Gasteiger partial charge in [-0.05, 0) is 37.2 Å². The first-order valence-electron chi connectivity index (χ1n) is 16.8. The minimum absolute atomic E-state index is 0.0701. The van der Waals surface area contributed by atoms with Crippen molar-refractivity contribution >= 4 is 29.4 Å². The number of nitrogens with one attached hydrogen (secondary N) is 4. The first kappa shape index (κ1) is 39.9. The number of halogens is 2. The maximum Gasteiger partial charge on any atom is 0.345 e. The van der Waals surface area contributed by atoms with E-state index < -0.39 is 66.6 Å². The van der Waals surface area contributed by atoms with Crippen molar-refractivity contribution in [2.24, 2.45) is 11.8 Å². The van der Waals surface area contributed by atoms with Crippen molar-refractivity contribution in [2.75, 3.05) is 46.1 Å². The third kappa shape index (κ3) is 13.7. The molecule has 4 N–H and O–H groups in total. The summed E-state index contributed by atoms with van der Waals surface area (Å²) >= 11 is 0. The fourth-order valence-electron chi connectivity index (χ4n) is 5.46. The largest absolute Gasteiger partial charge is 0.379 e. The van der Waals surface area contributed by atoms with Crippen molar-refractivity contribution in [3.05, 3.63) is 35.9 Å². The number of epoxide rings is 1. The van der Waals surface area contributed by atoms with Crippen LogP contribution in [0.4, 0.5) is 8.78 Å². The molecule has 2 fully saturated rings. The molecule has 5 atom stereocenters. The summed E-state index contributed by atoms with van der Waals surface area (Å²) < 4.78 is 41.0. The number of carbonyl (C=O) groups excluding carboxylic acids is 5. The van der Waals surface area contributed by atoms with Crippen LogP contribution in [-0.4, -0.2) is 117 Å². The van der Waals surface area contributed by atoms with Gasteiger partial charge in [0.2, 0.25) is 23.6 Å². The normalized spacial score (nSPS) is 20.3. The molecule has 4 amide bonds. The second-order valence-corrected chi connectivity index (χ2v) is 13.6. The first-order chi connectivity index (χ1) is 23.2. The first-order valence-corrected chi connectivity index (χ1v) is 16.8. The number of ketones is 1. The highest BCUT2D eigenvalue weighted by Gasteiger charge is 2.50. The maximum atomic E-state index is 13.8. The van der Waals surface area contributed by atoms with Crippen LogP contribution in [0.2, 0.25) is 0 Å². The van der Waals surface area contributed by atoms with Crippen LogP contribution in [-0.2, 0) is 44.6 Å². The number of amides is 4. The van der Waals surface area contributed by atoms with E-state index in [1.54, 1.807) is 36.1 Å². The summed E-state index contributed by atoms with van der Waals surface area (Å²) in [6.45, 7) is 7.17. The number of carbonyl (C=O) groups is 5. The number of alkyl halides is 2. The van der Waals surface area contributed by atoms with Crippen molar-refractivity contribution in [1.82, 2.24) is 26.2 Å². The fourth-order valence-corrected chi connectivity index (χ4v) is 5.46. The molecule has 2 aliphatic rings. The Morgan fingerprint density at radius 2 is 1.35 bits per heavy atom. The summed E-state index contributed by atoms with van der Waals surface area (Å²) in [5.74, 6) is -3.07. The lowest BCUT2D eigenvalue weighted by molar-refractivity contribution is -0.148. The van der Waals surface area contributed by atoms with E-state index in [1.165, 1.54) is 0 Å². The molecule has 15 heteroatoms. The van der Waals surface area contributed by atoms with Gasteiger partial charge in [-0.25, -0.2) is 0 Å². The molecule has 2 heterocycles. The Morgan fingerprint density at radius 1 is 0.816 bits per heavy atom. The van der Waals surface area contributed by atoms with Gasteiger partial charge in [-0.15, -0.1) is 0 Å². The average Bonchev–Trinajstić information content (AvgIpc) is 3.80. The van der Waals surface area contributed by atoms with E-state index >= 15 is 0 Å². The van der Waals surface area contributed by atoms with Gasteiger partial charge in [-0.1, -0.05) is 58.0 Å². The van der Waals surface area contributed by atoms with Crippen LogP contribution in [0.1, 0.15) is 53.0 Å². The summed E-state index contributed by atoms with van der Waals surface area (Å²) in [6, 6.07) is 4.27. The Labute approximate surface area is 286 Å². The van der Waals surface area contributed by atoms with Crippen molar-refractivity contribution in [3.8, 4) is 0 Å². The second kappa shape index (κ2) is 19.0. The van der Waals surface area contributed by atoms with Crippen molar-refractivity contribution in [2.45, 2.75) is 90.3 Å². The Bertz CT molecular complexity index is 1260. The zero-order valence-corrected chi connectivity index (χ0v) is 29.0. The Balaban J connectivity index is 1.78. The Morgan fingerprint density at radius 3 is 1.92 bits per heavy atom. The van der Waals surface area contributed by atoms with E-state index in [9.17, 15) is 32.8 Å². The molecule has 0 saturated carbocycles. The van der Waals surface area contributed by atoms with Gasteiger partial charge >= 0.3 is 6.61 Å². The molecule has 1 aromatic rings. The molecule has 2 aliphatic heterocycles. The summed E-state index contributed by atoms with van der Waals surface area (Å²) in [4.78, 5) is 68.8. The van der Waals surface area contributed by atoms with E-state index in [4.69, 9.17) is 9.47 Å². The monoisotopic (exact) mass is 695 g/mol. The average molecular weight is 696 g/mol. The zero-order chi connectivity index (χ0) is 36.1. The molecule has 0 aromatic heterocycles. The highest BCUT2D eigenvalue weighted by Crippen LogP contribution is 2.29. The minimum Gasteiger partial charge on any atom is -0.379 e. The van der Waals surface area contributed by atoms with E-state index in [0.29, 0.717) is 32.7 Å². The fraction of sp³-hybridized carbons (Fsp3) is 0.676. The van der Waals surface area contributed by atoms with Gasteiger partial charge in [-0.3, -0.25) is 28.9 Å². The molecular weight excluding hydrogens is 644 g/mol. The van der Waals surface area contributed by atoms with Crippen LogP contribution >= 0.6 is 0 Å². The maximum absolute atomic E-state index is 13.8.